The number of nitrogens with zero attached hydrogens (tertiary/aromatic N) is 1. The van der Waals surface area contributed by atoms with Crippen molar-refractivity contribution in [2.24, 2.45) is 5.92 Å². The van der Waals surface area contributed by atoms with E-state index in [1.807, 2.05) is 7.05 Å². The van der Waals surface area contributed by atoms with E-state index in [9.17, 15) is 17.2 Å². The van der Waals surface area contributed by atoms with E-state index >= 15 is 0 Å². The van der Waals surface area contributed by atoms with Crippen molar-refractivity contribution in [3.05, 3.63) is 24.3 Å². The van der Waals surface area contributed by atoms with E-state index < -0.39 is 15.6 Å². The van der Waals surface area contributed by atoms with Gasteiger partial charge in [-0.15, -0.1) is 0 Å². The highest BCUT2D eigenvalue weighted by Gasteiger charge is 2.29. The lowest BCUT2D eigenvalue weighted by Gasteiger charge is -2.15. The van der Waals surface area contributed by atoms with Crippen molar-refractivity contribution >= 4 is 15.5 Å². The summed E-state index contributed by atoms with van der Waals surface area (Å²) in [4.78, 5) is 1.86. The predicted octanol–water partition coefficient (Wildman–Crippen LogP) is 2.05. The number of alkyl halides is 2. The summed E-state index contributed by atoms with van der Waals surface area (Å²) >= 11 is 0. The number of hydrogen-bond acceptors (Lipinski definition) is 4. The number of halogens is 2. The Bertz CT molecular complexity index is 563. The number of rotatable bonds is 5. The molecule has 1 saturated heterocycles. The maximum absolute atomic E-state index is 12.6. The van der Waals surface area contributed by atoms with Crippen molar-refractivity contribution in [2.75, 3.05) is 32.0 Å². The Labute approximate surface area is 117 Å². The maximum atomic E-state index is 12.6. The van der Waals surface area contributed by atoms with Crippen LogP contribution in [0.25, 0.3) is 0 Å². The van der Waals surface area contributed by atoms with Gasteiger partial charge in [0.1, 0.15) is 0 Å². The molecule has 0 spiro atoms. The number of hydrogen-bond donors (Lipinski definition) is 1. The van der Waals surface area contributed by atoms with Crippen LogP contribution in [0.15, 0.2) is 29.2 Å². The van der Waals surface area contributed by atoms with Gasteiger partial charge in [-0.1, -0.05) is 12.1 Å². The Morgan fingerprint density at radius 1 is 1.40 bits per heavy atom. The quantitative estimate of drug-likeness (QED) is 0.904. The van der Waals surface area contributed by atoms with Gasteiger partial charge in [0.25, 0.3) is 0 Å². The summed E-state index contributed by atoms with van der Waals surface area (Å²) in [6.07, 6.45) is 1.02. The van der Waals surface area contributed by atoms with Gasteiger partial charge in [-0.25, -0.2) is 8.42 Å². The number of sulfone groups is 1. The number of anilines is 1. The minimum absolute atomic E-state index is 0.252. The molecule has 1 fully saturated rings. The van der Waals surface area contributed by atoms with Gasteiger partial charge in [-0.2, -0.15) is 8.78 Å². The Hall–Kier alpha value is -1.21. The molecule has 20 heavy (non-hydrogen) atoms. The molecular formula is C13H18F2N2O2S. The molecule has 0 saturated carbocycles. The Morgan fingerprint density at radius 2 is 2.10 bits per heavy atom. The second kappa shape index (κ2) is 6.05. The molecule has 1 aliphatic heterocycles. The van der Waals surface area contributed by atoms with E-state index in [0.717, 1.165) is 19.5 Å². The van der Waals surface area contributed by atoms with Crippen LogP contribution in [0.3, 0.4) is 0 Å². The van der Waals surface area contributed by atoms with Crippen molar-refractivity contribution in [1.82, 2.24) is 4.90 Å². The SMILES string of the molecule is CN1CCC(CNc2ccccc2S(=O)(=O)C(F)F)C1. The van der Waals surface area contributed by atoms with Gasteiger partial charge in [0.15, 0.2) is 0 Å². The summed E-state index contributed by atoms with van der Waals surface area (Å²) in [7, 11) is -2.55. The van der Waals surface area contributed by atoms with Gasteiger partial charge < -0.3 is 10.2 Å². The van der Waals surface area contributed by atoms with Gasteiger partial charge in [0, 0.05) is 13.1 Å². The average Bonchev–Trinajstić information content (AvgIpc) is 2.82. The van der Waals surface area contributed by atoms with Crippen LogP contribution in [0, 0.1) is 5.92 Å². The first kappa shape index (κ1) is 15.2. The maximum Gasteiger partial charge on any atom is 0.341 e. The minimum Gasteiger partial charge on any atom is -0.384 e. The first-order valence-electron chi connectivity index (χ1n) is 6.44. The Morgan fingerprint density at radius 3 is 2.70 bits per heavy atom. The molecule has 0 aromatic heterocycles. The molecular weight excluding hydrogens is 286 g/mol. The number of likely N-dealkylation sites (tertiary alicyclic amines) is 1. The normalized spacial score (nSPS) is 20.5. The van der Waals surface area contributed by atoms with Crippen LogP contribution in [-0.4, -0.2) is 45.8 Å². The van der Waals surface area contributed by atoms with Crippen molar-refractivity contribution in [3.63, 3.8) is 0 Å². The first-order valence-corrected chi connectivity index (χ1v) is 7.99. The molecule has 0 radical (unpaired) electrons. The fourth-order valence-corrected chi connectivity index (χ4v) is 3.31. The molecule has 1 heterocycles. The van der Waals surface area contributed by atoms with E-state index in [1.165, 1.54) is 18.2 Å². The molecule has 0 aliphatic carbocycles. The number of benzene rings is 1. The van der Waals surface area contributed by atoms with E-state index in [2.05, 4.69) is 10.2 Å². The third-order valence-electron chi connectivity index (χ3n) is 3.50. The highest BCUT2D eigenvalue weighted by Crippen LogP contribution is 2.26. The van der Waals surface area contributed by atoms with E-state index in [4.69, 9.17) is 0 Å². The van der Waals surface area contributed by atoms with Crippen LogP contribution in [0.5, 0.6) is 0 Å². The molecule has 2 rings (SSSR count). The summed E-state index contributed by atoms with van der Waals surface area (Å²) in [5.74, 6) is -3.00. The standard InChI is InChI=1S/C13H18F2N2O2S/c1-17-7-6-10(9-17)8-16-11-4-2-3-5-12(11)20(18,19)13(14)15/h2-5,10,13,16H,6-9H2,1H3. The summed E-state index contributed by atoms with van der Waals surface area (Å²) < 4.78 is 48.5. The second-order valence-electron chi connectivity index (χ2n) is 5.10. The molecule has 7 heteroatoms. The zero-order valence-corrected chi connectivity index (χ0v) is 12.0. The van der Waals surface area contributed by atoms with E-state index in [0.29, 0.717) is 12.5 Å². The topological polar surface area (TPSA) is 49.4 Å². The van der Waals surface area contributed by atoms with Crippen molar-refractivity contribution in [1.29, 1.82) is 0 Å². The molecule has 1 aromatic rings. The van der Waals surface area contributed by atoms with Crippen molar-refractivity contribution in [3.8, 4) is 0 Å². The lowest BCUT2D eigenvalue weighted by Crippen LogP contribution is -2.20. The van der Waals surface area contributed by atoms with Gasteiger partial charge in [-0.3, -0.25) is 0 Å². The molecule has 112 valence electrons. The third kappa shape index (κ3) is 3.27. The monoisotopic (exact) mass is 304 g/mol. The predicted molar refractivity (Wildman–Crippen MR) is 73.7 cm³/mol. The molecule has 1 N–H and O–H groups in total. The molecule has 1 aromatic carbocycles. The largest absolute Gasteiger partial charge is 0.384 e. The fraction of sp³-hybridized carbons (Fsp3) is 0.538. The van der Waals surface area contributed by atoms with Crippen molar-refractivity contribution in [2.45, 2.75) is 17.1 Å². The zero-order valence-electron chi connectivity index (χ0n) is 11.2. The Kier molecular flexibility index (Phi) is 4.59. The lowest BCUT2D eigenvalue weighted by molar-refractivity contribution is 0.235. The smallest absolute Gasteiger partial charge is 0.341 e. The highest BCUT2D eigenvalue weighted by atomic mass is 32.2. The summed E-state index contributed by atoms with van der Waals surface area (Å²) in [6, 6.07) is 5.82. The van der Waals surface area contributed by atoms with Crippen LogP contribution in [0.2, 0.25) is 0 Å². The van der Waals surface area contributed by atoms with Gasteiger partial charge in [-0.05, 0) is 38.1 Å². The summed E-state index contributed by atoms with van der Waals surface area (Å²) in [5, 5.41) is 3.00. The first-order chi connectivity index (χ1) is 9.41. The molecule has 1 atom stereocenters. The molecule has 4 nitrogen and oxygen atoms in total. The van der Waals surface area contributed by atoms with Crippen LogP contribution < -0.4 is 5.32 Å². The van der Waals surface area contributed by atoms with E-state index in [1.54, 1.807) is 6.07 Å². The molecule has 1 unspecified atom stereocenters. The average molecular weight is 304 g/mol. The highest BCUT2D eigenvalue weighted by molar-refractivity contribution is 7.91. The molecule has 0 bridgehead atoms. The van der Waals surface area contributed by atoms with Crippen LogP contribution in [-0.2, 0) is 9.84 Å². The molecule has 1 aliphatic rings. The number of nitrogens with one attached hydrogen (secondary N) is 1. The van der Waals surface area contributed by atoms with Crippen LogP contribution in [0.1, 0.15) is 6.42 Å². The van der Waals surface area contributed by atoms with Crippen LogP contribution in [0.4, 0.5) is 14.5 Å². The van der Waals surface area contributed by atoms with Crippen LogP contribution >= 0.6 is 0 Å². The fourth-order valence-electron chi connectivity index (χ4n) is 2.40. The second-order valence-corrected chi connectivity index (χ2v) is 6.99. The van der Waals surface area contributed by atoms with Crippen molar-refractivity contribution < 1.29 is 17.2 Å². The number of para-hydroxylation sites is 1. The van der Waals surface area contributed by atoms with E-state index in [-0.39, 0.29) is 10.6 Å². The Balaban J connectivity index is 2.13. The minimum atomic E-state index is -4.57. The lowest BCUT2D eigenvalue weighted by atomic mass is 10.1. The van der Waals surface area contributed by atoms with Gasteiger partial charge in [0.05, 0.1) is 10.6 Å². The van der Waals surface area contributed by atoms with Gasteiger partial charge >= 0.3 is 5.76 Å². The zero-order chi connectivity index (χ0) is 14.8. The molecule has 0 amide bonds. The summed E-state index contributed by atoms with van der Waals surface area (Å²) in [5.41, 5.74) is 0.252. The summed E-state index contributed by atoms with van der Waals surface area (Å²) in [6.45, 7) is 2.51. The van der Waals surface area contributed by atoms with Gasteiger partial charge in [0.2, 0.25) is 9.84 Å². The third-order valence-corrected chi connectivity index (χ3v) is 4.94.